The van der Waals surface area contributed by atoms with E-state index in [1.54, 1.807) is 0 Å². The minimum atomic E-state index is 0.579. The van der Waals surface area contributed by atoms with Gasteiger partial charge in [0.25, 0.3) is 0 Å². The maximum atomic E-state index is 9.97. The van der Waals surface area contributed by atoms with Crippen LogP contribution in [0.25, 0.3) is 112 Å². The van der Waals surface area contributed by atoms with Crippen LogP contribution in [0.15, 0.2) is 224 Å². The van der Waals surface area contributed by atoms with Crippen LogP contribution >= 0.6 is 0 Å². The summed E-state index contributed by atoms with van der Waals surface area (Å²) in [6.45, 7) is 0. The number of nitrogens with zero attached hydrogens (tertiary/aromatic N) is 7. The van der Waals surface area contributed by atoms with Crippen LogP contribution in [0.5, 0.6) is 0 Å². The van der Waals surface area contributed by atoms with E-state index >= 15 is 0 Å². The van der Waals surface area contributed by atoms with Gasteiger partial charge in [-0.3, -0.25) is 0 Å². The van der Waals surface area contributed by atoms with Gasteiger partial charge >= 0.3 is 0 Å². The van der Waals surface area contributed by atoms with Crippen molar-refractivity contribution in [1.82, 2.24) is 29.9 Å². The third-order valence-corrected chi connectivity index (χ3v) is 11.7. The Morgan fingerprint density at radius 1 is 0.258 bits per heavy atom. The molecule has 0 spiro atoms. The molecule has 308 valence electrons. The van der Waals surface area contributed by atoms with Crippen LogP contribution in [0.2, 0.25) is 0 Å². The molecule has 0 aliphatic carbocycles. The number of benzene rings is 9. The standard InChI is InChI=1S/C59H37N7/c60-38-39-17-15-26-46(37-39)47-29-16-30-51(53(47)40-31-33-45(34-32-40)58-62-54(41-18-5-1-6-19-41)61-55(63-58)42-20-7-2-8-21-42)50-35-36-52(49-28-14-13-27-48(49)50)59-65-56(43-22-9-3-10-23-43)64-57(66-59)44-24-11-4-12-25-44/h1-37H. The van der Waals surface area contributed by atoms with Gasteiger partial charge in [0, 0.05) is 33.4 Å². The van der Waals surface area contributed by atoms with E-state index in [2.05, 4.69) is 91.0 Å². The molecule has 9 aromatic carbocycles. The molecule has 0 amide bonds. The first-order chi connectivity index (χ1) is 32.7. The van der Waals surface area contributed by atoms with Crippen molar-refractivity contribution < 1.29 is 0 Å². The van der Waals surface area contributed by atoms with Crippen LogP contribution in [-0.4, -0.2) is 29.9 Å². The second-order valence-electron chi connectivity index (χ2n) is 15.8. The van der Waals surface area contributed by atoms with Gasteiger partial charge in [-0.1, -0.05) is 206 Å². The van der Waals surface area contributed by atoms with Crippen LogP contribution in [-0.2, 0) is 0 Å². The fraction of sp³-hybridized carbons (Fsp3) is 0. The smallest absolute Gasteiger partial charge is 0.164 e. The summed E-state index contributed by atoms with van der Waals surface area (Å²) in [4.78, 5) is 30.0. The third kappa shape index (κ3) is 7.76. The Balaban J connectivity index is 1.08. The quantitative estimate of drug-likeness (QED) is 0.143. The first kappa shape index (κ1) is 39.6. The molecule has 2 aromatic heterocycles. The van der Waals surface area contributed by atoms with E-state index in [9.17, 15) is 5.26 Å². The molecule has 0 atom stereocenters. The van der Waals surface area contributed by atoms with Gasteiger partial charge in [-0.05, 0) is 62.4 Å². The Morgan fingerprint density at radius 3 is 1.11 bits per heavy atom. The molecule has 7 nitrogen and oxygen atoms in total. The maximum absolute atomic E-state index is 9.97. The lowest BCUT2D eigenvalue weighted by Gasteiger charge is -2.19. The zero-order valence-electron chi connectivity index (χ0n) is 35.5. The molecule has 66 heavy (non-hydrogen) atoms. The molecular formula is C59H37N7. The zero-order valence-corrected chi connectivity index (χ0v) is 35.5. The number of fused-ring (bicyclic) bond motifs is 1. The SMILES string of the molecule is N#Cc1cccc(-c2cccc(-c3ccc(-c4nc(-c5ccccc5)nc(-c5ccccc5)n4)c4ccccc34)c2-c2ccc(-c3nc(-c4ccccc4)nc(-c4ccccc4)n3)cc2)c1. The fourth-order valence-electron chi connectivity index (χ4n) is 8.47. The van der Waals surface area contributed by atoms with E-state index in [0.29, 0.717) is 40.5 Å². The zero-order chi connectivity index (χ0) is 44.2. The Bertz CT molecular complexity index is 3460. The van der Waals surface area contributed by atoms with E-state index < -0.39 is 0 Å². The molecule has 0 aliphatic heterocycles. The van der Waals surface area contributed by atoms with Crippen molar-refractivity contribution in [2.45, 2.75) is 0 Å². The van der Waals surface area contributed by atoms with Crippen molar-refractivity contribution >= 4 is 10.8 Å². The normalized spacial score (nSPS) is 11.0. The first-order valence-electron chi connectivity index (χ1n) is 21.7. The average Bonchev–Trinajstić information content (AvgIpc) is 3.41. The number of aromatic nitrogens is 6. The highest BCUT2D eigenvalue weighted by Crippen LogP contribution is 2.44. The number of hydrogen-bond acceptors (Lipinski definition) is 7. The van der Waals surface area contributed by atoms with E-state index in [4.69, 9.17) is 29.9 Å². The third-order valence-electron chi connectivity index (χ3n) is 11.7. The van der Waals surface area contributed by atoms with Gasteiger partial charge in [0.2, 0.25) is 0 Å². The number of nitriles is 1. The molecule has 0 bridgehead atoms. The summed E-state index contributed by atoms with van der Waals surface area (Å²) in [5.74, 6) is 3.59. The minimum absolute atomic E-state index is 0.579. The molecular weight excluding hydrogens is 807 g/mol. The Labute approximate surface area is 382 Å². The van der Waals surface area contributed by atoms with Crippen LogP contribution in [0, 0.1) is 11.3 Å². The lowest BCUT2D eigenvalue weighted by atomic mass is 9.85. The number of rotatable bonds is 9. The summed E-state index contributed by atoms with van der Waals surface area (Å²) >= 11 is 0. The number of hydrogen-bond donors (Lipinski definition) is 0. The molecule has 11 rings (SSSR count). The summed E-state index contributed by atoms with van der Waals surface area (Å²) in [7, 11) is 0. The van der Waals surface area contributed by atoms with Gasteiger partial charge in [0.15, 0.2) is 34.9 Å². The van der Waals surface area contributed by atoms with Crippen LogP contribution in [0.3, 0.4) is 0 Å². The van der Waals surface area contributed by atoms with Crippen LogP contribution < -0.4 is 0 Å². The molecule has 0 saturated carbocycles. The van der Waals surface area contributed by atoms with E-state index in [0.717, 1.165) is 77.5 Å². The lowest BCUT2D eigenvalue weighted by Crippen LogP contribution is -2.01. The Morgan fingerprint density at radius 2 is 0.621 bits per heavy atom. The molecule has 0 aliphatic rings. The highest BCUT2D eigenvalue weighted by Gasteiger charge is 2.21. The van der Waals surface area contributed by atoms with Gasteiger partial charge in [-0.2, -0.15) is 5.26 Å². The fourth-order valence-corrected chi connectivity index (χ4v) is 8.47. The second-order valence-corrected chi connectivity index (χ2v) is 15.8. The van der Waals surface area contributed by atoms with Gasteiger partial charge in [0.05, 0.1) is 11.6 Å². The molecule has 0 radical (unpaired) electrons. The Kier molecular flexibility index (Phi) is 10.5. The summed E-state index contributed by atoms with van der Waals surface area (Å²) in [5, 5.41) is 12.0. The predicted octanol–water partition coefficient (Wildman–Crippen LogP) is 14.1. The Hall–Kier alpha value is -9.25. The lowest BCUT2D eigenvalue weighted by molar-refractivity contribution is 1.07. The van der Waals surface area contributed by atoms with Crippen molar-refractivity contribution in [2.75, 3.05) is 0 Å². The first-order valence-corrected chi connectivity index (χ1v) is 21.7. The summed E-state index contributed by atoms with van der Waals surface area (Å²) < 4.78 is 0. The minimum Gasteiger partial charge on any atom is -0.208 e. The van der Waals surface area contributed by atoms with Crippen LogP contribution in [0.1, 0.15) is 5.56 Å². The molecule has 0 fully saturated rings. The van der Waals surface area contributed by atoms with E-state index in [-0.39, 0.29) is 0 Å². The monoisotopic (exact) mass is 843 g/mol. The van der Waals surface area contributed by atoms with Crippen molar-refractivity contribution in [3.63, 3.8) is 0 Å². The van der Waals surface area contributed by atoms with Crippen molar-refractivity contribution in [3.8, 4) is 108 Å². The van der Waals surface area contributed by atoms with E-state index in [1.807, 2.05) is 140 Å². The van der Waals surface area contributed by atoms with Crippen molar-refractivity contribution in [2.24, 2.45) is 0 Å². The average molecular weight is 844 g/mol. The summed E-state index contributed by atoms with van der Waals surface area (Å²) in [6.07, 6.45) is 0. The van der Waals surface area contributed by atoms with Gasteiger partial charge < -0.3 is 0 Å². The maximum Gasteiger partial charge on any atom is 0.164 e. The predicted molar refractivity (Wildman–Crippen MR) is 264 cm³/mol. The molecule has 11 aromatic rings. The van der Waals surface area contributed by atoms with Crippen LogP contribution in [0.4, 0.5) is 0 Å². The largest absolute Gasteiger partial charge is 0.208 e. The molecule has 2 heterocycles. The summed E-state index contributed by atoms with van der Waals surface area (Å²) in [5.41, 5.74) is 12.1. The van der Waals surface area contributed by atoms with Gasteiger partial charge in [-0.25, -0.2) is 29.9 Å². The summed E-state index contributed by atoms with van der Waals surface area (Å²) in [6, 6.07) is 77.8. The van der Waals surface area contributed by atoms with Gasteiger partial charge in [-0.15, -0.1) is 0 Å². The van der Waals surface area contributed by atoms with Crippen molar-refractivity contribution in [1.29, 1.82) is 5.26 Å². The molecule has 0 unspecified atom stereocenters. The molecule has 7 heteroatoms. The van der Waals surface area contributed by atoms with Crippen molar-refractivity contribution in [3.05, 3.63) is 230 Å². The van der Waals surface area contributed by atoms with Gasteiger partial charge in [0.1, 0.15) is 0 Å². The highest BCUT2D eigenvalue weighted by molar-refractivity contribution is 6.08. The molecule has 0 saturated heterocycles. The second kappa shape index (κ2) is 17.5. The topological polar surface area (TPSA) is 101 Å². The molecule has 0 N–H and O–H groups in total. The van der Waals surface area contributed by atoms with E-state index in [1.165, 1.54) is 0 Å². The highest BCUT2D eigenvalue weighted by atomic mass is 15.0.